The van der Waals surface area contributed by atoms with E-state index >= 15 is 0 Å². The Balaban J connectivity index is 2.48. The summed E-state index contributed by atoms with van der Waals surface area (Å²) in [6.07, 6.45) is 17.3. The van der Waals surface area contributed by atoms with Crippen molar-refractivity contribution >= 4 is 0 Å². The van der Waals surface area contributed by atoms with Crippen LogP contribution in [0.4, 0.5) is 0 Å². The van der Waals surface area contributed by atoms with Gasteiger partial charge >= 0.3 is 0 Å². The predicted molar refractivity (Wildman–Crippen MR) is 50.4 cm³/mol. The maximum atomic E-state index is 2.26. The Morgan fingerprint density at radius 3 is 2.82 bits per heavy atom. The molecule has 0 nitrogen and oxygen atoms in total. The Kier molecular flexibility index (Phi) is 3.46. The van der Waals surface area contributed by atoms with Crippen LogP contribution >= 0.6 is 0 Å². The van der Waals surface area contributed by atoms with Gasteiger partial charge in [0.05, 0.1) is 0 Å². The summed E-state index contributed by atoms with van der Waals surface area (Å²) < 4.78 is 0. The Bertz CT molecular complexity index is 214. The third-order valence-corrected chi connectivity index (χ3v) is 1.62. The monoisotopic (exact) mass is 146 g/mol. The Morgan fingerprint density at radius 2 is 2.18 bits per heavy atom. The first-order valence-corrected chi connectivity index (χ1v) is 4.09. The largest absolute Gasteiger partial charge is 0.0877 e. The van der Waals surface area contributed by atoms with Gasteiger partial charge in [0.25, 0.3) is 0 Å². The normalized spacial score (nSPS) is 18.1. The quantitative estimate of drug-likeness (QED) is 0.524. The third-order valence-electron chi connectivity index (χ3n) is 1.62. The summed E-state index contributed by atoms with van der Waals surface area (Å²) >= 11 is 0. The number of hydrogen-bond acceptors (Lipinski definition) is 0. The average molecular weight is 146 g/mol. The molecule has 0 aromatic heterocycles. The first kappa shape index (κ1) is 8.06. The second kappa shape index (κ2) is 4.73. The summed E-state index contributed by atoms with van der Waals surface area (Å²) in [6, 6.07) is 0. The highest BCUT2D eigenvalue weighted by Gasteiger charge is 1.89. The fourth-order valence-corrected chi connectivity index (χ4v) is 1.04. The highest BCUT2D eigenvalue weighted by molar-refractivity contribution is 5.34. The zero-order chi connectivity index (χ0) is 7.94. The van der Waals surface area contributed by atoms with Gasteiger partial charge in [0.1, 0.15) is 0 Å². The average Bonchev–Trinajstić information content (AvgIpc) is 2.07. The molecular weight excluding hydrogens is 132 g/mol. The topological polar surface area (TPSA) is 0 Å². The van der Waals surface area contributed by atoms with Gasteiger partial charge < -0.3 is 0 Å². The minimum Gasteiger partial charge on any atom is -0.0877 e. The zero-order valence-corrected chi connectivity index (χ0v) is 6.96. The molecular formula is C11H14. The van der Waals surface area contributed by atoms with E-state index in [-0.39, 0.29) is 0 Å². The molecule has 0 amide bonds. The Hall–Kier alpha value is -1.04. The lowest BCUT2D eigenvalue weighted by atomic mass is 10.1. The molecule has 0 fully saturated rings. The van der Waals surface area contributed by atoms with Crippen molar-refractivity contribution in [2.75, 3.05) is 0 Å². The van der Waals surface area contributed by atoms with Crippen molar-refractivity contribution in [3.8, 4) is 0 Å². The van der Waals surface area contributed by atoms with Crippen molar-refractivity contribution in [3.63, 3.8) is 0 Å². The van der Waals surface area contributed by atoms with Gasteiger partial charge in [-0.1, -0.05) is 42.5 Å². The van der Waals surface area contributed by atoms with Crippen LogP contribution < -0.4 is 0 Å². The molecule has 0 saturated carbocycles. The second-order valence-corrected chi connectivity index (χ2v) is 2.57. The van der Waals surface area contributed by atoms with Crippen LogP contribution in [0.25, 0.3) is 0 Å². The predicted octanol–water partition coefficient (Wildman–Crippen LogP) is 3.40. The van der Waals surface area contributed by atoms with Crippen molar-refractivity contribution in [1.82, 2.24) is 0 Å². The zero-order valence-electron chi connectivity index (χ0n) is 6.96. The summed E-state index contributed by atoms with van der Waals surface area (Å²) in [5.41, 5.74) is 1.33. The van der Waals surface area contributed by atoms with E-state index in [1.54, 1.807) is 0 Å². The van der Waals surface area contributed by atoms with Gasteiger partial charge in [0, 0.05) is 0 Å². The molecule has 0 unspecified atom stereocenters. The number of allylic oxidation sites excluding steroid dienone is 8. The molecule has 1 aliphatic rings. The molecule has 0 N–H and O–H groups in total. The summed E-state index contributed by atoms with van der Waals surface area (Å²) in [7, 11) is 0. The standard InChI is InChI=1S/C11H14/c1-2-3-5-8-11-9-6-4-7-10-11/h2-3,5-6,8-10H,4,7H2,1H3/b3-2-,8-5-. The SMILES string of the molecule is C/C=C\C=C/C1=CCCC=C1. The van der Waals surface area contributed by atoms with Gasteiger partial charge in [-0.15, -0.1) is 0 Å². The first-order chi connectivity index (χ1) is 5.43. The van der Waals surface area contributed by atoms with Crippen LogP contribution in [0.1, 0.15) is 19.8 Å². The minimum atomic E-state index is 1.19. The van der Waals surface area contributed by atoms with Crippen molar-refractivity contribution in [2.45, 2.75) is 19.8 Å². The maximum absolute atomic E-state index is 2.26. The highest BCUT2D eigenvalue weighted by atomic mass is 14.0. The molecule has 58 valence electrons. The highest BCUT2D eigenvalue weighted by Crippen LogP contribution is 2.10. The molecule has 0 saturated heterocycles. The van der Waals surface area contributed by atoms with Crippen LogP contribution in [0, 0.1) is 0 Å². The van der Waals surface area contributed by atoms with Crippen LogP contribution in [-0.4, -0.2) is 0 Å². The smallest absolute Gasteiger partial charge is 0.0300 e. The molecule has 0 heteroatoms. The van der Waals surface area contributed by atoms with Crippen molar-refractivity contribution in [2.24, 2.45) is 0 Å². The molecule has 0 aromatic carbocycles. The molecule has 0 bridgehead atoms. The van der Waals surface area contributed by atoms with Gasteiger partial charge in [0.15, 0.2) is 0 Å². The lowest BCUT2D eigenvalue weighted by Crippen LogP contribution is -1.79. The maximum Gasteiger partial charge on any atom is -0.0300 e. The van der Waals surface area contributed by atoms with Crippen LogP contribution in [0.3, 0.4) is 0 Å². The molecule has 0 aliphatic heterocycles. The lowest BCUT2D eigenvalue weighted by molar-refractivity contribution is 1.02. The molecule has 0 aromatic rings. The summed E-state index contributed by atoms with van der Waals surface area (Å²) in [4.78, 5) is 0. The molecule has 0 radical (unpaired) electrons. The van der Waals surface area contributed by atoms with Gasteiger partial charge in [-0.25, -0.2) is 0 Å². The van der Waals surface area contributed by atoms with E-state index in [4.69, 9.17) is 0 Å². The Morgan fingerprint density at radius 1 is 1.27 bits per heavy atom. The minimum absolute atomic E-state index is 1.19. The van der Waals surface area contributed by atoms with E-state index in [1.807, 2.05) is 19.1 Å². The van der Waals surface area contributed by atoms with Gasteiger partial charge in [-0.2, -0.15) is 0 Å². The van der Waals surface area contributed by atoms with E-state index < -0.39 is 0 Å². The first-order valence-electron chi connectivity index (χ1n) is 4.09. The molecule has 0 atom stereocenters. The van der Waals surface area contributed by atoms with Crippen molar-refractivity contribution in [3.05, 3.63) is 48.1 Å². The van der Waals surface area contributed by atoms with Gasteiger partial charge in [-0.05, 0) is 25.3 Å². The fraction of sp³-hybridized carbons (Fsp3) is 0.273. The summed E-state index contributed by atoms with van der Waals surface area (Å²) in [5, 5.41) is 0. The molecule has 1 aliphatic carbocycles. The van der Waals surface area contributed by atoms with Crippen molar-refractivity contribution in [1.29, 1.82) is 0 Å². The van der Waals surface area contributed by atoms with E-state index in [0.29, 0.717) is 0 Å². The second-order valence-electron chi connectivity index (χ2n) is 2.57. The van der Waals surface area contributed by atoms with Crippen LogP contribution in [0.15, 0.2) is 48.1 Å². The fourth-order valence-electron chi connectivity index (χ4n) is 1.04. The molecule has 0 heterocycles. The van der Waals surface area contributed by atoms with Crippen LogP contribution in [0.2, 0.25) is 0 Å². The van der Waals surface area contributed by atoms with Gasteiger partial charge in [-0.3, -0.25) is 0 Å². The number of hydrogen-bond donors (Lipinski definition) is 0. The summed E-state index contributed by atoms with van der Waals surface area (Å²) in [6.45, 7) is 2.02. The van der Waals surface area contributed by atoms with Crippen molar-refractivity contribution < 1.29 is 0 Å². The number of rotatable bonds is 2. The third kappa shape index (κ3) is 3.03. The van der Waals surface area contributed by atoms with Gasteiger partial charge in [0.2, 0.25) is 0 Å². The van der Waals surface area contributed by atoms with E-state index in [2.05, 4.69) is 30.4 Å². The molecule has 11 heavy (non-hydrogen) atoms. The Labute approximate surface area is 68.6 Å². The molecule has 0 spiro atoms. The van der Waals surface area contributed by atoms with E-state index in [0.717, 1.165) is 0 Å². The van der Waals surface area contributed by atoms with Crippen LogP contribution in [-0.2, 0) is 0 Å². The van der Waals surface area contributed by atoms with E-state index in [9.17, 15) is 0 Å². The lowest BCUT2D eigenvalue weighted by Gasteiger charge is -1.99. The van der Waals surface area contributed by atoms with Crippen LogP contribution in [0.5, 0.6) is 0 Å². The summed E-state index contributed by atoms with van der Waals surface area (Å²) in [5.74, 6) is 0. The van der Waals surface area contributed by atoms with E-state index in [1.165, 1.54) is 18.4 Å². The molecule has 1 rings (SSSR count).